The van der Waals surface area contributed by atoms with Crippen molar-refractivity contribution in [2.24, 2.45) is 0 Å². The summed E-state index contributed by atoms with van der Waals surface area (Å²) >= 11 is 13.0. The van der Waals surface area contributed by atoms with Crippen molar-refractivity contribution in [2.45, 2.75) is 51.6 Å². The van der Waals surface area contributed by atoms with Crippen LogP contribution < -0.4 is 22.6 Å². The number of rotatable bonds is 11. The molecule has 0 fully saturated rings. The smallest absolute Gasteiger partial charge is 0.337 e. The minimum Gasteiger partial charge on any atom is -1.00 e. The lowest BCUT2D eigenvalue weighted by Crippen LogP contribution is -3.11. The van der Waals surface area contributed by atoms with Crippen LogP contribution in [0.2, 0.25) is 10.0 Å². The number of halogens is 3. The molecule has 45 heavy (non-hydrogen) atoms. The molecule has 2 unspecified atom stereocenters. The Morgan fingerprint density at radius 2 is 1.40 bits per heavy atom. The van der Waals surface area contributed by atoms with E-state index >= 15 is 0 Å². The Morgan fingerprint density at radius 3 is 1.93 bits per heavy atom. The van der Waals surface area contributed by atoms with Gasteiger partial charge in [0.05, 0.1) is 47.8 Å². The van der Waals surface area contributed by atoms with E-state index in [4.69, 9.17) is 32.7 Å². The van der Waals surface area contributed by atoms with Crippen LogP contribution >= 0.6 is 23.2 Å². The molecule has 0 saturated heterocycles. The minimum absolute atomic E-state index is 0. The summed E-state index contributed by atoms with van der Waals surface area (Å²) in [6, 6.07) is 26.3. The second-order valence-corrected chi connectivity index (χ2v) is 12.8. The molecule has 0 amide bonds. The van der Waals surface area contributed by atoms with Gasteiger partial charge in [0, 0.05) is 23.7 Å². The lowest BCUT2D eigenvalue weighted by molar-refractivity contribution is -0.886. The van der Waals surface area contributed by atoms with E-state index in [1.165, 1.54) is 23.1 Å². The van der Waals surface area contributed by atoms with E-state index < -0.39 is 23.5 Å². The lowest BCUT2D eigenvalue weighted by Gasteiger charge is -2.34. The van der Waals surface area contributed by atoms with Crippen LogP contribution in [0.25, 0.3) is 0 Å². The first-order valence-electron chi connectivity index (χ1n) is 14.8. The van der Waals surface area contributed by atoms with Gasteiger partial charge in [0.2, 0.25) is 0 Å². The Bertz CT molecular complexity index is 1520. The zero-order valence-corrected chi connectivity index (χ0v) is 28.8. The molecule has 2 N–H and O–H groups in total. The zero-order valence-electron chi connectivity index (χ0n) is 26.5. The van der Waals surface area contributed by atoms with Gasteiger partial charge in [0.1, 0.15) is 6.54 Å². The third-order valence-corrected chi connectivity index (χ3v) is 8.87. The van der Waals surface area contributed by atoms with E-state index in [9.17, 15) is 9.59 Å². The number of dihydropyridines is 1. The number of hydrogen-bond donors (Lipinski definition) is 2. The SMILES string of the molecule is COC(=O)C1=C(C)NC(C)=C(C(=O)OC(C)(C)C[NH+](C)CCC(c2ccccc2)c2ccccc2)C1c1cccc(Cl)c1Cl.[Cl-]. The van der Waals surface area contributed by atoms with Crippen molar-refractivity contribution in [1.82, 2.24) is 5.32 Å². The number of methoxy groups -OCH3 is 1. The number of carbonyl (C=O) groups is 2. The second-order valence-electron chi connectivity index (χ2n) is 12.0. The summed E-state index contributed by atoms with van der Waals surface area (Å²) in [5.74, 6) is -1.66. The molecule has 4 rings (SSSR count). The average Bonchev–Trinajstić information content (AvgIpc) is 2.98. The van der Waals surface area contributed by atoms with Crippen LogP contribution in [0.3, 0.4) is 0 Å². The number of carbonyl (C=O) groups excluding carboxylic acids is 2. The van der Waals surface area contributed by atoms with Gasteiger partial charge in [-0.2, -0.15) is 0 Å². The summed E-state index contributed by atoms with van der Waals surface area (Å²) < 4.78 is 11.3. The minimum atomic E-state index is -0.819. The Labute approximate surface area is 282 Å². The maximum atomic E-state index is 14.0. The van der Waals surface area contributed by atoms with Gasteiger partial charge in [0.15, 0.2) is 5.60 Å². The molecule has 0 bridgehead atoms. The van der Waals surface area contributed by atoms with Crippen molar-refractivity contribution < 1.29 is 36.4 Å². The van der Waals surface area contributed by atoms with Crippen LogP contribution in [0, 0.1) is 0 Å². The number of esters is 2. The highest BCUT2D eigenvalue weighted by atomic mass is 35.5. The third-order valence-electron chi connectivity index (χ3n) is 8.04. The van der Waals surface area contributed by atoms with Crippen LogP contribution in [0.1, 0.15) is 62.6 Å². The van der Waals surface area contributed by atoms with E-state index in [1.807, 2.05) is 26.0 Å². The molecule has 1 aliphatic rings. The molecule has 1 aliphatic heterocycles. The quantitative estimate of drug-likeness (QED) is 0.306. The number of quaternary nitrogens is 1. The summed E-state index contributed by atoms with van der Waals surface area (Å²) in [4.78, 5) is 28.3. The van der Waals surface area contributed by atoms with Gasteiger partial charge in [-0.1, -0.05) is 96.0 Å². The molecular formula is C36H41Cl3N2O4. The Morgan fingerprint density at radius 1 is 0.867 bits per heavy atom. The van der Waals surface area contributed by atoms with E-state index in [2.05, 4.69) is 60.9 Å². The molecule has 2 atom stereocenters. The Hall–Kier alpha value is -3.29. The second kappa shape index (κ2) is 15.8. The van der Waals surface area contributed by atoms with Gasteiger partial charge in [-0.05, 0) is 50.5 Å². The molecule has 0 radical (unpaired) electrons. The van der Waals surface area contributed by atoms with Crippen molar-refractivity contribution in [1.29, 1.82) is 0 Å². The van der Waals surface area contributed by atoms with E-state index in [0.29, 0.717) is 34.1 Å². The maximum Gasteiger partial charge on any atom is 0.337 e. The molecule has 1 heterocycles. The van der Waals surface area contributed by atoms with Gasteiger partial charge in [0.25, 0.3) is 0 Å². The summed E-state index contributed by atoms with van der Waals surface area (Å²) in [6.45, 7) is 8.83. The van der Waals surface area contributed by atoms with Gasteiger partial charge in [-0.15, -0.1) is 0 Å². The van der Waals surface area contributed by atoms with Crippen LogP contribution in [-0.2, 0) is 19.1 Å². The molecule has 0 aromatic heterocycles. The normalized spacial score (nSPS) is 15.7. The Kier molecular flexibility index (Phi) is 12.7. The van der Waals surface area contributed by atoms with Crippen LogP contribution in [-0.4, -0.2) is 44.8 Å². The number of ether oxygens (including phenoxy) is 2. The summed E-state index contributed by atoms with van der Waals surface area (Å²) in [5.41, 5.74) is 3.99. The number of nitrogens with one attached hydrogen (secondary N) is 2. The van der Waals surface area contributed by atoms with Crippen molar-refractivity contribution in [3.8, 4) is 0 Å². The van der Waals surface area contributed by atoms with Crippen LogP contribution in [0.15, 0.2) is 101 Å². The van der Waals surface area contributed by atoms with Crippen molar-refractivity contribution in [3.63, 3.8) is 0 Å². The average molecular weight is 672 g/mol. The molecule has 3 aromatic carbocycles. The molecule has 0 spiro atoms. The standard InChI is InChI=1S/C36H40Cl2N2O4.ClH/c1-23-30(34(41)43-6)32(28-18-13-19-29(37)33(28)38)31(24(2)39-23)35(42)44-36(3,4)22-40(5)21-20-27(25-14-9-7-10-15-25)26-16-11-8-12-17-26;/h7-19,27,32,39H,20-22H2,1-6H3;1H. The van der Waals surface area contributed by atoms with Gasteiger partial charge in [-0.3, -0.25) is 0 Å². The van der Waals surface area contributed by atoms with Crippen molar-refractivity contribution in [3.05, 3.63) is 128 Å². The van der Waals surface area contributed by atoms with E-state index in [0.717, 1.165) is 13.0 Å². The first kappa shape index (κ1) is 36.2. The van der Waals surface area contributed by atoms with E-state index in [1.54, 1.807) is 32.0 Å². The fraction of sp³-hybridized carbons (Fsp3) is 0.333. The van der Waals surface area contributed by atoms with Crippen molar-refractivity contribution in [2.75, 3.05) is 27.2 Å². The molecule has 6 nitrogen and oxygen atoms in total. The summed E-state index contributed by atoms with van der Waals surface area (Å²) in [7, 11) is 3.43. The molecule has 9 heteroatoms. The molecule has 0 aliphatic carbocycles. The van der Waals surface area contributed by atoms with Crippen LogP contribution in [0.5, 0.6) is 0 Å². The molecule has 0 saturated carbocycles. The number of hydrogen-bond acceptors (Lipinski definition) is 5. The molecular weight excluding hydrogens is 631 g/mol. The number of likely N-dealkylation sites (N-methyl/N-ethyl adjacent to an activating group) is 1. The number of allylic oxidation sites excluding steroid dienone is 2. The van der Waals surface area contributed by atoms with Gasteiger partial charge in [-0.25, -0.2) is 9.59 Å². The fourth-order valence-corrected chi connectivity index (χ4v) is 6.56. The maximum absolute atomic E-state index is 14.0. The van der Waals surface area contributed by atoms with Gasteiger partial charge >= 0.3 is 11.9 Å². The zero-order chi connectivity index (χ0) is 32.0. The number of benzene rings is 3. The summed E-state index contributed by atoms with van der Waals surface area (Å²) in [6.07, 6.45) is 0.931. The third kappa shape index (κ3) is 8.71. The Balaban J connectivity index is 0.00000552. The molecule has 3 aromatic rings. The van der Waals surface area contributed by atoms with Crippen molar-refractivity contribution >= 4 is 35.1 Å². The largest absolute Gasteiger partial charge is 1.00 e. The van der Waals surface area contributed by atoms with Gasteiger partial charge < -0.3 is 32.1 Å². The topological polar surface area (TPSA) is 69.1 Å². The first-order valence-corrected chi connectivity index (χ1v) is 15.5. The highest BCUT2D eigenvalue weighted by Crippen LogP contribution is 2.43. The monoisotopic (exact) mass is 670 g/mol. The van der Waals surface area contributed by atoms with Crippen LogP contribution in [0.4, 0.5) is 0 Å². The first-order chi connectivity index (χ1) is 20.9. The lowest BCUT2D eigenvalue weighted by atomic mass is 9.80. The highest BCUT2D eigenvalue weighted by Gasteiger charge is 2.41. The predicted molar refractivity (Wildman–Crippen MR) is 176 cm³/mol. The molecule has 240 valence electrons. The highest BCUT2D eigenvalue weighted by molar-refractivity contribution is 6.42. The summed E-state index contributed by atoms with van der Waals surface area (Å²) in [5, 5.41) is 3.77. The van der Waals surface area contributed by atoms with E-state index in [-0.39, 0.29) is 28.9 Å². The fourth-order valence-electron chi connectivity index (χ4n) is 6.14. The predicted octanol–water partition coefficient (Wildman–Crippen LogP) is 3.46.